The maximum Gasteiger partial charge on any atom is 0.147 e. The summed E-state index contributed by atoms with van der Waals surface area (Å²) >= 11 is 0. The first-order valence-corrected chi connectivity index (χ1v) is 6.04. The number of likely N-dealkylation sites (tertiary alicyclic amines) is 1. The lowest BCUT2D eigenvalue weighted by atomic mass is 10.2. The van der Waals surface area contributed by atoms with E-state index in [-0.39, 0.29) is 6.61 Å². The van der Waals surface area contributed by atoms with Gasteiger partial charge in [-0.2, -0.15) is 0 Å². The summed E-state index contributed by atoms with van der Waals surface area (Å²) in [4.78, 5) is 2.17. The van der Waals surface area contributed by atoms with E-state index in [9.17, 15) is 4.39 Å². The second kappa shape index (κ2) is 6.04. The maximum absolute atomic E-state index is 13.6. The number of nitrogens with zero attached hydrogens (tertiary/aromatic N) is 1. The van der Waals surface area contributed by atoms with Crippen molar-refractivity contribution in [2.24, 2.45) is 0 Å². The molecule has 2 rings (SSSR count). The van der Waals surface area contributed by atoms with Crippen LogP contribution in [0.15, 0.2) is 24.0 Å². The van der Waals surface area contributed by atoms with Crippen molar-refractivity contribution in [1.29, 1.82) is 0 Å². The summed E-state index contributed by atoms with van der Waals surface area (Å²) in [5, 5.41) is 0. The lowest BCUT2D eigenvalue weighted by Gasteiger charge is -2.18. The molecule has 1 unspecified atom stereocenters. The molecule has 3 heteroatoms. The van der Waals surface area contributed by atoms with E-state index >= 15 is 0 Å². The van der Waals surface area contributed by atoms with Gasteiger partial charge in [0.25, 0.3) is 0 Å². The second-order valence-electron chi connectivity index (χ2n) is 4.36. The summed E-state index contributed by atoms with van der Waals surface area (Å²) in [5.74, 6) is 0.773. The van der Waals surface area contributed by atoms with Crippen LogP contribution in [0.4, 0.5) is 4.39 Å². The number of ether oxygens (including phenoxy) is 1. The van der Waals surface area contributed by atoms with Gasteiger partial charge >= 0.3 is 0 Å². The molecule has 1 aliphatic heterocycles. The van der Waals surface area contributed by atoms with Gasteiger partial charge in [-0.1, -0.05) is 6.08 Å². The zero-order valence-electron chi connectivity index (χ0n) is 9.57. The van der Waals surface area contributed by atoms with E-state index in [4.69, 9.17) is 4.74 Å². The van der Waals surface area contributed by atoms with Gasteiger partial charge in [-0.05, 0) is 50.9 Å². The van der Waals surface area contributed by atoms with Crippen molar-refractivity contribution in [2.75, 3.05) is 26.2 Å². The molecule has 0 bridgehead atoms. The van der Waals surface area contributed by atoms with E-state index in [0.717, 1.165) is 25.3 Å². The van der Waals surface area contributed by atoms with Gasteiger partial charge in [0.15, 0.2) is 0 Å². The average molecular weight is 224 g/mol. The highest BCUT2D eigenvalue weighted by molar-refractivity contribution is 5.21. The zero-order valence-corrected chi connectivity index (χ0v) is 9.57. The molecule has 2 nitrogen and oxygen atoms in total. The second-order valence-corrected chi connectivity index (χ2v) is 4.36. The summed E-state index contributed by atoms with van der Waals surface area (Å²) in [6, 6.07) is 0. The maximum atomic E-state index is 13.6. The number of hydrogen-bond donors (Lipinski definition) is 0. The summed E-state index contributed by atoms with van der Waals surface area (Å²) in [7, 11) is 0. The predicted octanol–water partition coefficient (Wildman–Crippen LogP) is 2.48. The minimum absolute atomic E-state index is 0.167. The number of halogens is 1. The molecule has 0 amide bonds. The van der Waals surface area contributed by atoms with Crippen LogP contribution >= 0.6 is 0 Å². The molecule has 0 aromatic carbocycles. The normalized spacial score (nSPS) is 23.2. The topological polar surface area (TPSA) is 12.5 Å². The van der Waals surface area contributed by atoms with Gasteiger partial charge in [-0.25, -0.2) is 4.39 Å². The number of hydrogen-bond acceptors (Lipinski definition) is 2. The molecule has 1 fully saturated rings. The molecule has 0 aromatic rings. The van der Waals surface area contributed by atoms with E-state index in [1.165, 1.54) is 12.8 Å². The quantitative estimate of drug-likeness (QED) is 0.711. The first-order valence-electron chi connectivity index (χ1n) is 6.04. The van der Waals surface area contributed by atoms with Crippen LogP contribution in [0.2, 0.25) is 0 Å². The molecule has 0 N–H and O–H groups in total. The molecule has 0 saturated carbocycles. The molecule has 1 aliphatic carbocycles. The monoisotopic (exact) mass is 224 g/mol. The van der Waals surface area contributed by atoms with Crippen LogP contribution in [0.5, 0.6) is 0 Å². The largest absolute Gasteiger partial charge is 0.491 e. The van der Waals surface area contributed by atoms with Crippen molar-refractivity contribution in [3.63, 3.8) is 0 Å². The van der Waals surface area contributed by atoms with Gasteiger partial charge in [0, 0.05) is 6.54 Å². The molecule has 1 saturated heterocycles. The standard InChI is InChI=1S/C13H19FNO/c14-12(10-15-8-4-5-9-15)11-16-13-6-2-1-3-7-13/h2-3,6-7,12H,1,4-5,8-11H2. The van der Waals surface area contributed by atoms with Gasteiger partial charge < -0.3 is 9.64 Å². The summed E-state index contributed by atoms with van der Waals surface area (Å²) < 4.78 is 19.0. The molecule has 1 heterocycles. The lowest BCUT2D eigenvalue weighted by molar-refractivity contribution is 0.113. The Hall–Kier alpha value is -0.830. The van der Waals surface area contributed by atoms with Crippen molar-refractivity contribution < 1.29 is 9.13 Å². The van der Waals surface area contributed by atoms with Crippen LogP contribution in [-0.2, 0) is 4.74 Å². The summed E-state index contributed by atoms with van der Waals surface area (Å²) in [6.07, 6.45) is 10.3. The molecule has 16 heavy (non-hydrogen) atoms. The fraction of sp³-hybridized carbons (Fsp3) is 0.615. The van der Waals surface area contributed by atoms with Gasteiger partial charge in [0.2, 0.25) is 0 Å². The third-order valence-corrected chi connectivity index (χ3v) is 2.92. The number of rotatable bonds is 5. The molecule has 2 aliphatic rings. The van der Waals surface area contributed by atoms with E-state index in [0.29, 0.717) is 6.54 Å². The van der Waals surface area contributed by atoms with Crippen molar-refractivity contribution in [1.82, 2.24) is 4.90 Å². The Morgan fingerprint density at radius 1 is 1.38 bits per heavy atom. The SMILES string of the molecule is FC(COC1=C[CH]CC=C1)CN1CCCC1. The van der Waals surface area contributed by atoms with Crippen molar-refractivity contribution in [3.05, 3.63) is 30.4 Å². The Morgan fingerprint density at radius 2 is 2.19 bits per heavy atom. The van der Waals surface area contributed by atoms with Crippen LogP contribution in [0.1, 0.15) is 19.3 Å². The fourth-order valence-corrected chi connectivity index (χ4v) is 2.08. The first-order chi connectivity index (χ1) is 7.84. The van der Waals surface area contributed by atoms with E-state index in [1.807, 2.05) is 24.6 Å². The number of alkyl halides is 1. The van der Waals surface area contributed by atoms with Crippen molar-refractivity contribution in [3.8, 4) is 0 Å². The molecule has 1 radical (unpaired) electrons. The minimum atomic E-state index is -0.880. The highest BCUT2D eigenvalue weighted by Gasteiger charge is 2.17. The summed E-state index contributed by atoms with van der Waals surface area (Å²) in [5.41, 5.74) is 0. The average Bonchev–Trinajstić information content (AvgIpc) is 2.81. The molecule has 0 aromatic heterocycles. The Labute approximate surface area is 96.8 Å². The van der Waals surface area contributed by atoms with Crippen LogP contribution < -0.4 is 0 Å². The predicted molar refractivity (Wildman–Crippen MR) is 62.7 cm³/mol. The third kappa shape index (κ3) is 3.63. The van der Waals surface area contributed by atoms with E-state index in [1.54, 1.807) is 0 Å². The molecular formula is C13H19FNO. The zero-order chi connectivity index (χ0) is 11.2. The van der Waals surface area contributed by atoms with E-state index < -0.39 is 6.17 Å². The molecule has 0 spiro atoms. The smallest absolute Gasteiger partial charge is 0.147 e. The summed E-state index contributed by atoms with van der Waals surface area (Å²) in [6.45, 7) is 2.76. The Morgan fingerprint density at radius 3 is 2.88 bits per heavy atom. The van der Waals surface area contributed by atoms with Gasteiger partial charge in [-0.3, -0.25) is 0 Å². The van der Waals surface area contributed by atoms with Crippen LogP contribution in [0.3, 0.4) is 0 Å². The third-order valence-electron chi connectivity index (χ3n) is 2.92. The van der Waals surface area contributed by atoms with Crippen LogP contribution in [0, 0.1) is 6.42 Å². The van der Waals surface area contributed by atoms with Gasteiger partial charge in [0.05, 0.1) is 0 Å². The molecule has 89 valence electrons. The fourth-order valence-electron chi connectivity index (χ4n) is 2.08. The van der Waals surface area contributed by atoms with Gasteiger partial charge in [-0.15, -0.1) is 0 Å². The van der Waals surface area contributed by atoms with Gasteiger partial charge in [0.1, 0.15) is 18.5 Å². The van der Waals surface area contributed by atoms with Crippen LogP contribution in [0.25, 0.3) is 0 Å². The first kappa shape index (κ1) is 11.6. The van der Waals surface area contributed by atoms with E-state index in [2.05, 4.69) is 4.90 Å². The Kier molecular flexibility index (Phi) is 4.40. The van der Waals surface area contributed by atoms with Crippen molar-refractivity contribution >= 4 is 0 Å². The highest BCUT2D eigenvalue weighted by Crippen LogP contribution is 2.13. The number of allylic oxidation sites excluding steroid dienone is 3. The minimum Gasteiger partial charge on any atom is -0.491 e. The Bertz CT molecular complexity index is 269. The molecule has 1 atom stereocenters. The van der Waals surface area contributed by atoms with Crippen LogP contribution in [-0.4, -0.2) is 37.3 Å². The molecular weight excluding hydrogens is 205 g/mol. The lowest BCUT2D eigenvalue weighted by Crippen LogP contribution is -2.30. The van der Waals surface area contributed by atoms with Crippen molar-refractivity contribution in [2.45, 2.75) is 25.4 Å². The highest BCUT2D eigenvalue weighted by atomic mass is 19.1. The Balaban J connectivity index is 1.64.